The average Bonchev–Trinajstić information content (AvgIpc) is 2.42. The van der Waals surface area contributed by atoms with Gasteiger partial charge in [0.2, 0.25) is 0 Å². The third-order valence-corrected chi connectivity index (χ3v) is 2.65. The minimum absolute atomic E-state index is 0.0868. The summed E-state index contributed by atoms with van der Waals surface area (Å²) < 4.78 is 19.3. The van der Waals surface area contributed by atoms with Gasteiger partial charge in [0.25, 0.3) is 0 Å². The number of hydrogen-bond donors (Lipinski definition) is 2. The van der Waals surface area contributed by atoms with E-state index in [1.807, 2.05) is 25.1 Å². The highest BCUT2D eigenvalue weighted by Gasteiger charge is 2.09. The van der Waals surface area contributed by atoms with Crippen molar-refractivity contribution in [2.45, 2.75) is 6.92 Å². The van der Waals surface area contributed by atoms with Crippen LogP contribution in [0.15, 0.2) is 47.6 Å². The van der Waals surface area contributed by atoms with Crippen LogP contribution in [-0.2, 0) is 0 Å². The lowest BCUT2D eigenvalue weighted by Gasteiger charge is -2.10. The number of nitrogens with zero attached hydrogens (tertiary/aromatic N) is 1. The van der Waals surface area contributed by atoms with Crippen molar-refractivity contribution in [2.24, 2.45) is 10.9 Å². The first-order valence-corrected chi connectivity index (χ1v) is 5.62. The average molecular weight is 260 g/mol. The normalized spacial score (nSPS) is 11.4. The second-order valence-electron chi connectivity index (χ2n) is 4.00. The lowest BCUT2D eigenvalue weighted by molar-refractivity contribution is 0.318. The smallest absolute Gasteiger partial charge is 0.170 e. The molecule has 4 nitrogen and oxygen atoms in total. The first-order valence-electron chi connectivity index (χ1n) is 5.62. The summed E-state index contributed by atoms with van der Waals surface area (Å²) in [4.78, 5) is 0. The summed E-state index contributed by atoms with van der Waals surface area (Å²) in [5.41, 5.74) is 6.58. The van der Waals surface area contributed by atoms with Gasteiger partial charge in [-0.15, -0.1) is 0 Å². The number of halogens is 1. The molecule has 0 bridgehead atoms. The van der Waals surface area contributed by atoms with Gasteiger partial charge in [-0.05, 0) is 36.8 Å². The van der Waals surface area contributed by atoms with Gasteiger partial charge in [0.1, 0.15) is 5.75 Å². The Morgan fingerprint density at radius 2 is 1.95 bits per heavy atom. The maximum Gasteiger partial charge on any atom is 0.170 e. The number of nitrogens with two attached hydrogens (primary N) is 1. The predicted octanol–water partition coefficient (Wildman–Crippen LogP) is 3.02. The zero-order chi connectivity index (χ0) is 13.8. The van der Waals surface area contributed by atoms with Crippen LogP contribution in [0.4, 0.5) is 4.39 Å². The summed E-state index contributed by atoms with van der Waals surface area (Å²) in [5, 5.41) is 11.3. The van der Waals surface area contributed by atoms with E-state index < -0.39 is 5.82 Å². The fourth-order valence-electron chi connectivity index (χ4n) is 1.59. The van der Waals surface area contributed by atoms with E-state index in [-0.39, 0.29) is 17.1 Å². The second-order valence-corrected chi connectivity index (χ2v) is 4.00. The Morgan fingerprint density at radius 3 is 2.58 bits per heavy atom. The Morgan fingerprint density at radius 1 is 1.21 bits per heavy atom. The lowest BCUT2D eigenvalue weighted by Crippen LogP contribution is -2.13. The summed E-state index contributed by atoms with van der Waals surface area (Å²) in [7, 11) is 0. The van der Waals surface area contributed by atoms with Gasteiger partial charge in [0.05, 0.1) is 0 Å². The number of amidine groups is 1. The van der Waals surface area contributed by atoms with Crippen molar-refractivity contribution in [3.05, 3.63) is 59.4 Å². The van der Waals surface area contributed by atoms with Crippen LogP contribution in [0.2, 0.25) is 0 Å². The molecule has 0 saturated heterocycles. The molecular formula is C14H13FN2O2. The lowest BCUT2D eigenvalue weighted by atomic mass is 10.2. The fourth-order valence-corrected chi connectivity index (χ4v) is 1.59. The van der Waals surface area contributed by atoms with Crippen LogP contribution in [0, 0.1) is 12.7 Å². The van der Waals surface area contributed by atoms with Crippen molar-refractivity contribution in [3.63, 3.8) is 0 Å². The van der Waals surface area contributed by atoms with E-state index in [4.69, 9.17) is 15.7 Å². The monoisotopic (exact) mass is 260 g/mol. The summed E-state index contributed by atoms with van der Waals surface area (Å²) in [6, 6.07) is 11.4. The molecule has 0 unspecified atom stereocenters. The number of ether oxygens (including phenoxy) is 1. The van der Waals surface area contributed by atoms with Crippen molar-refractivity contribution < 1.29 is 14.3 Å². The Hall–Kier alpha value is -2.56. The molecule has 0 heterocycles. The number of oxime groups is 1. The van der Waals surface area contributed by atoms with Gasteiger partial charge >= 0.3 is 0 Å². The standard InChI is InChI=1S/C14H13FN2O2/c1-9-4-2-3-5-12(9)19-13-7-6-10(8-11(13)15)14(16)17-18/h2-8,18H,1H3,(H2,16,17). The zero-order valence-corrected chi connectivity index (χ0v) is 10.3. The molecule has 0 amide bonds. The molecule has 0 atom stereocenters. The third-order valence-electron chi connectivity index (χ3n) is 2.65. The molecule has 5 heteroatoms. The Kier molecular flexibility index (Phi) is 3.66. The highest BCUT2D eigenvalue weighted by molar-refractivity contribution is 5.97. The number of hydrogen-bond acceptors (Lipinski definition) is 3. The van der Waals surface area contributed by atoms with E-state index in [0.717, 1.165) is 11.6 Å². The van der Waals surface area contributed by atoms with Crippen LogP contribution in [0.1, 0.15) is 11.1 Å². The van der Waals surface area contributed by atoms with Gasteiger partial charge in [-0.25, -0.2) is 4.39 Å². The molecule has 0 radical (unpaired) electrons. The van der Waals surface area contributed by atoms with Crippen LogP contribution in [0.5, 0.6) is 11.5 Å². The number of aryl methyl sites for hydroxylation is 1. The highest BCUT2D eigenvalue weighted by Crippen LogP contribution is 2.27. The summed E-state index contributed by atoms with van der Waals surface area (Å²) in [6.45, 7) is 1.87. The molecular weight excluding hydrogens is 247 g/mol. The largest absolute Gasteiger partial charge is 0.454 e. The van der Waals surface area contributed by atoms with Crippen molar-refractivity contribution in [1.29, 1.82) is 0 Å². The maximum absolute atomic E-state index is 13.8. The van der Waals surface area contributed by atoms with Gasteiger partial charge in [-0.1, -0.05) is 23.4 Å². The fraction of sp³-hybridized carbons (Fsp3) is 0.0714. The topological polar surface area (TPSA) is 67.8 Å². The molecule has 0 aliphatic rings. The van der Waals surface area contributed by atoms with Gasteiger partial charge in [-0.3, -0.25) is 0 Å². The van der Waals surface area contributed by atoms with Gasteiger partial charge in [-0.2, -0.15) is 0 Å². The zero-order valence-electron chi connectivity index (χ0n) is 10.3. The molecule has 0 spiro atoms. The molecule has 3 N–H and O–H groups in total. The van der Waals surface area contributed by atoms with Gasteiger partial charge < -0.3 is 15.7 Å². The molecule has 98 valence electrons. The van der Waals surface area contributed by atoms with Crippen LogP contribution in [0.25, 0.3) is 0 Å². The Bertz CT molecular complexity index is 627. The van der Waals surface area contributed by atoms with Crippen molar-refractivity contribution >= 4 is 5.84 Å². The molecule has 2 rings (SSSR count). The van der Waals surface area contributed by atoms with E-state index in [9.17, 15) is 4.39 Å². The molecule has 2 aromatic carbocycles. The quantitative estimate of drug-likeness (QED) is 0.386. The van der Waals surface area contributed by atoms with Crippen molar-refractivity contribution in [2.75, 3.05) is 0 Å². The van der Waals surface area contributed by atoms with Crippen LogP contribution >= 0.6 is 0 Å². The molecule has 0 aromatic heterocycles. The predicted molar refractivity (Wildman–Crippen MR) is 70.2 cm³/mol. The van der Waals surface area contributed by atoms with Crippen molar-refractivity contribution in [1.82, 2.24) is 0 Å². The first-order chi connectivity index (χ1) is 9.11. The Balaban J connectivity index is 2.30. The van der Waals surface area contributed by atoms with Gasteiger partial charge in [0.15, 0.2) is 17.4 Å². The molecule has 19 heavy (non-hydrogen) atoms. The highest BCUT2D eigenvalue weighted by atomic mass is 19.1. The maximum atomic E-state index is 13.8. The third kappa shape index (κ3) is 2.82. The summed E-state index contributed by atoms with van der Waals surface area (Å²) in [6.07, 6.45) is 0. The van der Waals surface area contributed by atoms with E-state index in [0.29, 0.717) is 5.75 Å². The van der Waals surface area contributed by atoms with E-state index in [1.165, 1.54) is 12.1 Å². The first kappa shape index (κ1) is 12.9. The minimum atomic E-state index is -0.577. The number of rotatable bonds is 3. The van der Waals surface area contributed by atoms with E-state index in [2.05, 4.69) is 5.16 Å². The Labute approximate surface area is 109 Å². The summed E-state index contributed by atoms with van der Waals surface area (Å²) >= 11 is 0. The van der Waals surface area contributed by atoms with Crippen LogP contribution < -0.4 is 10.5 Å². The summed E-state index contributed by atoms with van der Waals surface area (Å²) in [5.74, 6) is -0.0598. The van der Waals surface area contributed by atoms with Crippen molar-refractivity contribution in [3.8, 4) is 11.5 Å². The van der Waals surface area contributed by atoms with E-state index in [1.54, 1.807) is 6.07 Å². The van der Waals surface area contributed by atoms with Gasteiger partial charge in [0, 0.05) is 5.56 Å². The molecule has 0 fully saturated rings. The van der Waals surface area contributed by atoms with Crippen LogP contribution in [-0.4, -0.2) is 11.0 Å². The second kappa shape index (κ2) is 5.39. The molecule has 0 aliphatic heterocycles. The minimum Gasteiger partial charge on any atom is -0.454 e. The SMILES string of the molecule is Cc1ccccc1Oc1ccc(/C(N)=N/O)cc1F. The number of benzene rings is 2. The molecule has 0 saturated carbocycles. The van der Waals surface area contributed by atoms with Crippen LogP contribution in [0.3, 0.4) is 0 Å². The molecule has 2 aromatic rings. The molecule has 0 aliphatic carbocycles. The number of para-hydroxylation sites is 1. The van der Waals surface area contributed by atoms with E-state index >= 15 is 0 Å².